The van der Waals surface area contributed by atoms with Crippen molar-refractivity contribution in [3.8, 4) is 11.5 Å². The van der Waals surface area contributed by atoms with Gasteiger partial charge in [-0.15, -0.1) is 12.4 Å². The smallest absolute Gasteiger partial charge is 0.263 e. The van der Waals surface area contributed by atoms with Crippen LogP contribution in [0.2, 0.25) is 5.02 Å². The van der Waals surface area contributed by atoms with Gasteiger partial charge in [0.15, 0.2) is 5.60 Å². The van der Waals surface area contributed by atoms with Crippen LogP contribution >= 0.6 is 24.0 Å². The van der Waals surface area contributed by atoms with E-state index in [4.69, 9.17) is 26.8 Å². The fraction of sp³-hybridized carbons (Fsp3) is 0.667. The Hall–Kier alpha value is -1.17. The van der Waals surface area contributed by atoms with Crippen LogP contribution in [0, 0.1) is 17.8 Å². The van der Waals surface area contributed by atoms with Crippen molar-refractivity contribution in [1.29, 1.82) is 0 Å². The molecule has 4 aliphatic rings. The third-order valence-electron chi connectivity index (χ3n) is 6.67. The van der Waals surface area contributed by atoms with Crippen LogP contribution in [0.1, 0.15) is 46.0 Å². The molecule has 1 aromatic carbocycles. The summed E-state index contributed by atoms with van der Waals surface area (Å²) in [4.78, 5) is 13.0. The second-order valence-corrected chi connectivity index (χ2v) is 9.65. The van der Waals surface area contributed by atoms with Gasteiger partial charge in [0.2, 0.25) is 0 Å². The SMILES string of the molecule is COc1ccc(OC(C)(C)C(=O)NC2[C@@H]3CC4C[C@H]2CC(N)(C4)C3)c(Cl)c1.Cl. The van der Waals surface area contributed by atoms with Crippen molar-refractivity contribution in [3.05, 3.63) is 23.2 Å². The van der Waals surface area contributed by atoms with E-state index in [9.17, 15) is 4.79 Å². The number of benzene rings is 1. The predicted molar refractivity (Wildman–Crippen MR) is 112 cm³/mol. The molecule has 5 rings (SSSR count). The molecule has 1 amide bonds. The Morgan fingerprint density at radius 1 is 1.25 bits per heavy atom. The number of halogens is 2. The number of methoxy groups -OCH3 is 1. The average molecular weight is 429 g/mol. The molecule has 5 nitrogen and oxygen atoms in total. The highest BCUT2D eigenvalue weighted by atomic mass is 35.5. The number of hydrogen-bond acceptors (Lipinski definition) is 4. The van der Waals surface area contributed by atoms with E-state index in [1.54, 1.807) is 39.2 Å². The maximum absolute atomic E-state index is 13.0. The highest BCUT2D eigenvalue weighted by molar-refractivity contribution is 6.32. The third kappa shape index (κ3) is 3.94. The van der Waals surface area contributed by atoms with Crippen LogP contribution in [0.5, 0.6) is 11.5 Å². The van der Waals surface area contributed by atoms with Crippen molar-refractivity contribution in [2.24, 2.45) is 23.5 Å². The summed E-state index contributed by atoms with van der Waals surface area (Å²) in [6, 6.07) is 5.40. The highest BCUT2D eigenvalue weighted by Crippen LogP contribution is 2.54. The zero-order chi connectivity index (χ0) is 19.4. The van der Waals surface area contributed by atoms with Gasteiger partial charge >= 0.3 is 0 Å². The van der Waals surface area contributed by atoms with Crippen LogP contribution in [-0.4, -0.2) is 30.2 Å². The Labute approximate surface area is 178 Å². The molecule has 1 aromatic rings. The molecule has 3 N–H and O–H groups in total. The second-order valence-electron chi connectivity index (χ2n) is 9.24. The van der Waals surface area contributed by atoms with Gasteiger partial charge in [-0.1, -0.05) is 11.6 Å². The lowest BCUT2D eigenvalue weighted by Gasteiger charge is -2.59. The Kier molecular flexibility index (Phi) is 5.83. The fourth-order valence-electron chi connectivity index (χ4n) is 5.66. The lowest BCUT2D eigenvalue weighted by molar-refractivity contribution is -0.138. The molecule has 0 spiro atoms. The van der Waals surface area contributed by atoms with Crippen LogP contribution in [0.25, 0.3) is 0 Å². The highest BCUT2D eigenvalue weighted by Gasteiger charge is 2.54. The van der Waals surface area contributed by atoms with E-state index in [0.717, 1.165) is 25.2 Å². The number of rotatable bonds is 5. The van der Waals surface area contributed by atoms with E-state index in [-0.39, 0.29) is 29.9 Å². The summed E-state index contributed by atoms with van der Waals surface area (Å²) in [6.07, 6.45) is 5.58. The minimum absolute atomic E-state index is 0. The number of carbonyl (C=O) groups is 1. The van der Waals surface area contributed by atoms with Gasteiger partial charge in [-0.25, -0.2) is 0 Å². The lowest BCUT2D eigenvalue weighted by atomic mass is 9.51. The summed E-state index contributed by atoms with van der Waals surface area (Å²) < 4.78 is 11.1. The fourth-order valence-corrected chi connectivity index (χ4v) is 5.87. The van der Waals surface area contributed by atoms with Crippen LogP contribution < -0.4 is 20.5 Å². The Balaban J connectivity index is 0.00000225. The molecular formula is C21H30Cl2N2O3. The standard InChI is InChI=1S/C21H29ClN2O3.ClH/c1-20(2,27-17-5-4-15(26-3)8-16(17)22)19(25)24-18-13-6-12-7-14(18)11-21(23,9-12)10-13;/h4-5,8,12-14,18H,6-7,9-11,23H2,1-3H3,(H,24,25);1H/t12?,13-,14+,18?,21?;. The molecule has 3 unspecified atom stereocenters. The van der Waals surface area contributed by atoms with Gasteiger partial charge in [0.05, 0.1) is 12.1 Å². The molecule has 4 fully saturated rings. The molecule has 156 valence electrons. The van der Waals surface area contributed by atoms with E-state index >= 15 is 0 Å². The topological polar surface area (TPSA) is 73.6 Å². The van der Waals surface area contributed by atoms with Crippen LogP contribution in [0.4, 0.5) is 0 Å². The van der Waals surface area contributed by atoms with E-state index in [2.05, 4.69) is 5.32 Å². The first-order valence-electron chi connectivity index (χ1n) is 9.81. The molecule has 0 aliphatic heterocycles. The minimum Gasteiger partial charge on any atom is -0.497 e. The predicted octanol–water partition coefficient (Wildman–Crippen LogP) is 3.95. The molecule has 0 saturated heterocycles. The van der Waals surface area contributed by atoms with Crippen molar-refractivity contribution in [1.82, 2.24) is 5.32 Å². The zero-order valence-corrected chi connectivity index (χ0v) is 18.2. The molecular weight excluding hydrogens is 399 g/mol. The van der Waals surface area contributed by atoms with Crippen molar-refractivity contribution in [3.63, 3.8) is 0 Å². The number of nitrogens with one attached hydrogen (secondary N) is 1. The quantitative estimate of drug-likeness (QED) is 0.744. The van der Waals surface area contributed by atoms with Gasteiger partial charge < -0.3 is 20.5 Å². The molecule has 4 bridgehead atoms. The van der Waals surface area contributed by atoms with Gasteiger partial charge in [-0.3, -0.25) is 4.79 Å². The maximum atomic E-state index is 13.0. The summed E-state index contributed by atoms with van der Waals surface area (Å²) in [5.41, 5.74) is 5.56. The van der Waals surface area contributed by atoms with E-state index < -0.39 is 5.60 Å². The first-order valence-corrected chi connectivity index (χ1v) is 10.2. The molecule has 4 saturated carbocycles. The zero-order valence-electron chi connectivity index (χ0n) is 16.7. The molecule has 0 aromatic heterocycles. The van der Waals surface area contributed by atoms with E-state index in [0.29, 0.717) is 28.4 Å². The van der Waals surface area contributed by atoms with E-state index in [1.165, 1.54) is 12.8 Å². The van der Waals surface area contributed by atoms with Gasteiger partial charge in [0.1, 0.15) is 11.5 Å². The first-order chi connectivity index (χ1) is 12.7. The van der Waals surface area contributed by atoms with Gasteiger partial charge in [-0.05, 0) is 75.8 Å². The summed E-state index contributed by atoms with van der Waals surface area (Å²) >= 11 is 6.27. The summed E-state index contributed by atoms with van der Waals surface area (Å²) in [5.74, 6) is 2.75. The first kappa shape index (κ1) is 21.5. The summed E-state index contributed by atoms with van der Waals surface area (Å²) in [7, 11) is 1.58. The van der Waals surface area contributed by atoms with Gasteiger partial charge in [-0.2, -0.15) is 0 Å². The number of ether oxygens (including phenoxy) is 2. The van der Waals surface area contributed by atoms with Crippen molar-refractivity contribution >= 4 is 29.9 Å². The van der Waals surface area contributed by atoms with Crippen LogP contribution in [0.3, 0.4) is 0 Å². The van der Waals surface area contributed by atoms with Gasteiger partial charge in [0.25, 0.3) is 5.91 Å². The van der Waals surface area contributed by atoms with Crippen molar-refractivity contribution in [2.45, 2.75) is 63.1 Å². The number of hydrogen-bond donors (Lipinski definition) is 2. The number of amides is 1. The Bertz CT molecular complexity index is 739. The average Bonchev–Trinajstić information content (AvgIpc) is 2.58. The number of carbonyl (C=O) groups excluding carboxylic acids is 1. The molecule has 28 heavy (non-hydrogen) atoms. The van der Waals surface area contributed by atoms with Crippen LogP contribution in [0.15, 0.2) is 18.2 Å². The number of nitrogens with two attached hydrogens (primary N) is 1. The van der Waals surface area contributed by atoms with Crippen LogP contribution in [-0.2, 0) is 4.79 Å². The van der Waals surface area contributed by atoms with Gasteiger partial charge in [0, 0.05) is 17.6 Å². The molecule has 0 radical (unpaired) electrons. The van der Waals surface area contributed by atoms with Crippen molar-refractivity contribution in [2.75, 3.05) is 7.11 Å². The van der Waals surface area contributed by atoms with E-state index in [1.807, 2.05) is 0 Å². The lowest BCUT2D eigenvalue weighted by Crippen LogP contribution is -2.66. The van der Waals surface area contributed by atoms with Crippen molar-refractivity contribution < 1.29 is 14.3 Å². The molecule has 0 heterocycles. The monoisotopic (exact) mass is 428 g/mol. The Morgan fingerprint density at radius 3 is 2.43 bits per heavy atom. The summed E-state index contributed by atoms with van der Waals surface area (Å²) in [5, 5.41) is 3.72. The normalized spacial score (nSPS) is 33.2. The minimum atomic E-state index is -1.02. The molecule has 5 atom stereocenters. The molecule has 7 heteroatoms. The molecule has 4 aliphatic carbocycles. The Morgan fingerprint density at radius 2 is 1.89 bits per heavy atom. The second kappa shape index (κ2) is 7.58. The summed E-state index contributed by atoms with van der Waals surface area (Å²) in [6.45, 7) is 3.56. The third-order valence-corrected chi connectivity index (χ3v) is 6.96. The maximum Gasteiger partial charge on any atom is 0.263 e. The largest absolute Gasteiger partial charge is 0.497 e.